The Hall–Kier alpha value is -2.77. The quantitative estimate of drug-likeness (QED) is 0.736. The third-order valence-corrected chi connectivity index (χ3v) is 5.66. The molecule has 3 N–H and O–H groups in total. The van der Waals surface area contributed by atoms with Gasteiger partial charge in [-0.15, -0.1) is 0 Å². The lowest BCUT2D eigenvalue weighted by Crippen LogP contribution is -2.44. The van der Waals surface area contributed by atoms with Crippen molar-refractivity contribution in [3.8, 4) is 0 Å². The Morgan fingerprint density at radius 2 is 1.66 bits per heavy atom. The number of amides is 3. The smallest absolute Gasteiger partial charge is 0.314 e. The summed E-state index contributed by atoms with van der Waals surface area (Å²) in [6.45, 7) is 4.56. The van der Waals surface area contributed by atoms with Gasteiger partial charge in [0.1, 0.15) is 0 Å². The number of nitrogens with one attached hydrogen (secondary N) is 1. The van der Waals surface area contributed by atoms with Crippen molar-refractivity contribution in [3.05, 3.63) is 24.3 Å². The number of primary amides is 1. The van der Waals surface area contributed by atoms with Crippen molar-refractivity contribution < 1.29 is 19.1 Å². The molecule has 158 valence electrons. The van der Waals surface area contributed by atoms with Crippen LogP contribution in [0.5, 0.6) is 0 Å². The number of hydrogen-bond donors (Lipinski definition) is 2. The first kappa shape index (κ1) is 21.0. The second kappa shape index (κ2) is 9.62. The molecule has 0 spiro atoms. The first-order chi connectivity index (χ1) is 13.9. The molecular weight excluding hydrogens is 372 g/mol. The van der Waals surface area contributed by atoms with E-state index < -0.39 is 18.1 Å². The molecule has 1 unspecified atom stereocenters. The molecule has 2 heterocycles. The van der Waals surface area contributed by atoms with E-state index >= 15 is 0 Å². The zero-order valence-electron chi connectivity index (χ0n) is 16.9. The van der Waals surface area contributed by atoms with Gasteiger partial charge in [-0.3, -0.25) is 9.59 Å². The van der Waals surface area contributed by atoms with Crippen LogP contribution in [0.1, 0.15) is 39.0 Å². The van der Waals surface area contributed by atoms with E-state index in [4.69, 9.17) is 10.5 Å². The van der Waals surface area contributed by atoms with Crippen molar-refractivity contribution in [2.75, 3.05) is 36.4 Å². The van der Waals surface area contributed by atoms with E-state index in [2.05, 4.69) is 10.2 Å². The van der Waals surface area contributed by atoms with Crippen LogP contribution in [0.2, 0.25) is 0 Å². The van der Waals surface area contributed by atoms with Crippen LogP contribution in [0.15, 0.2) is 24.3 Å². The predicted molar refractivity (Wildman–Crippen MR) is 111 cm³/mol. The number of anilines is 2. The second-order valence-corrected chi connectivity index (χ2v) is 7.76. The number of nitrogens with zero attached hydrogens (tertiary/aromatic N) is 2. The van der Waals surface area contributed by atoms with E-state index in [1.807, 2.05) is 24.3 Å². The van der Waals surface area contributed by atoms with Gasteiger partial charge in [0, 0.05) is 37.6 Å². The lowest BCUT2D eigenvalue weighted by molar-refractivity contribution is -0.158. The van der Waals surface area contributed by atoms with Gasteiger partial charge in [0.2, 0.25) is 0 Å². The Bertz CT molecular complexity index is 723. The summed E-state index contributed by atoms with van der Waals surface area (Å²) >= 11 is 0. The van der Waals surface area contributed by atoms with Crippen LogP contribution in [-0.2, 0) is 14.3 Å². The Balaban J connectivity index is 1.46. The van der Waals surface area contributed by atoms with Gasteiger partial charge < -0.3 is 25.6 Å². The predicted octanol–water partition coefficient (Wildman–Crippen LogP) is 2.34. The zero-order valence-corrected chi connectivity index (χ0v) is 16.9. The van der Waals surface area contributed by atoms with Crippen molar-refractivity contribution in [3.63, 3.8) is 0 Å². The average Bonchev–Trinajstić information content (AvgIpc) is 2.74. The highest BCUT2D eigenvalue weighted by atomic mass is 16.5. The summed E-state index contributed by atoms with van der Waals surface area (Å²) < 4.78 is 5.34. The van der Waals surface area contributed by atoms with E-state index in [1.54, 1.807) is 6.92 Å². The molecule has 0 radical (unpaired) electrons. The van der Waals surface area contributed by atoms with Crippen molar-refractivity contribution in [2.24, 2.45) is 11.7 Å². The Morgan fingerprint density at radius 3 is 2.24 bits per heavy atom. The fourth-order valence-corrected chi connectivity index (χ4v) is 3.81. The topological polar surface area (TPSA) is 105 Å². The van der Waals surface area contributed by atoms with E-state index in [-0.39, 0.29) is 11.8 Å². The monoisotopic (exact) mass is 402 g/mol. The van der Waals surface area contributed by atoms with Gasteiger partial charge in [-0.2, -0.15) is 0 Å². The van der Waals surface area contributed by atoms with E-state index in [0.717, 1.165) is 18.8 Å². The number of carbonyl (C=O) groups excluding carboxylic acids is 3. The van der Waals surface area contributed by atoms with E-state index in [1.165, 1.54) is 24.2 Å². The van der Waals surface area contributed by atoms with Gasteiger partial charge in [-0.1, -0.05) is 0 Å². The minimum atomic E-state index is -0.890. The largest absolute Gasteiger partial charge is 0.452 e. The molecule has 2 aliphatic heterocycles. The molecule has 1 atom stereocenters. The molecule has 2 aliphatic rings. The molecule has 3 amide bonds. The van der Waals surface area contributed by atoms with Crippen molar-refractivity contribution in [2.45, 2.75) is 45.1 Å². The van der Waals surface area contributed by atoms with Gasteiger partial charge in [0.05, 0.1) is 5.92 Å². The lowest BCUT2D eigenvalue weighted by atomic mass is 9.97. The highest BCUT2D eigenvalue weighted by molar-refractivity contribution is 5.95. The number of benzene rings is 1. The van der Waals surface area contributed by atoms with Crippen LogP contribution in [0.25, 0.3) is 0 Å². The van der Waals surface area contributed by atoms with Crippen LogP contribution in [0.3, 0.4) is 0 Å². The van der Waals surface area contributed by atoms with Gasteiger partial charge in [0.25, 0.3) is 5.91 Å². The second-order valence-electron chi connectivity index (χ2n) is 7.76. The normalized spacial score (nSPS) is 18.8. The van der Waals surface area contributed by atoms with Crippen LogP contribution in [-0.4, -0.2) is 55.1 Å². The summed E-state index contributed by atoms with van der Waals surface area (Å²) in [4.78, 5) is 39.7. The minimum Gasteiger partial charge on any atom is -0.452 e. The van der Waals surface area contributed by atoms with Gasteiger partial charge >= 0.3 is 12.0 Å². The summed E-state index contributed by atoms with van der Waals surface area (Å²) in [6, 6.07) is 7.27. The van der Waals surface area contributed by atoms with E-state index in [0.29, 0.717) is 31.6 Å². The third kappa shape index (κ3) is 5.62. The number of esters is 1. The third-order valence-electron chi connectivity index (χ3n) is 5.66. The number of hydrogen-bond acceptors (Lipinski definition) is 5. The van der Waals surface area contributed by atoms with Crippen molar-refractivity contribution in [1.82, 2.24) is 4.90 Å². The number of likely N-dealkylation sites (tertiary alicyclic amines) is 1. The molecule has 8 nitrogen and oxygen atoms in total. The molecule has 0 aromatic heterocycles. The maximum atomic E-state index is 12.4. The fraction of sp³-hybridized carbons (Fsp3) is 0.571. The van der Waals surface area contributed by atoms with Crippen molar-refractivity contribution in [1.29, 1.82) is 0 Å². The number of rotatable bonds is 5. The minimum absolute atomic E-state index is 0.315. The summed E-state index contributed by atoms with van der Waals surface area (Å²) in [5, 5.41) is 2.80. The standard InChI is InChI=1S/C21H30N4O4/c1-15(29-20(27)16-9-13-25(14-10-16)21(22)28)19(26)23-17-5-7-18(8-6-17)24-11-3-2-4-12-24/h5-8,15-16H,2-4,9-14H2,1H3,(H2,22,28)(H,23,26). The number of piperidine rings is 2. The Labute approximate surface area is 171 Å². The Kier molecular flexibility index (Phi) is 6.95. The first-order valence-electron chi connectivity index (χ1n) is 10.3. The van der Waals surface area contributed by atoms with Gasteiger partial charge in [0.15, 0.2) is 6.10 Å². The van der Waals surface area contributed by atoms with Crippen molar-refractivity contribution >= 4 is 29.3 Å². The van der Waals surface area contributed by atoms with Crippen LogP contribution in [0.4, 0.5) is 16.2 Å². The first-order valence-corrected chi connectivity index (χ1v) is 10.3. The fourth-order valence-electron chi connectivity index (χ4n) is 3.81. The van der Waals surface area contributed by atoms with Gasteiger partial charge in [-0.25, -0.2) is 4.79 Å². The Morgan fingerprint density at radius 1 is 1.03 bits per heavy atom. The molecule has 8 heteroatoms. The molecule has 2 fully saturated rings. The maximum absolute atomic E-state index is 12.4. The summed E-state index contributed by atoms with van der Waals surface area (Å²) in [5.74, 6) is -1.08. The van der Waals surface area contributed by atoms with E-state index in [9.17, 15) is 14.4 Å². The number of urea groups is 1. The van der Waals surface area contributed by atoms with Crippen LogP contribution in [0, 0.1) is 5.92 Å². The molecule has 1 aromatic carbocycles. The highest BCUT2D eigenvalue weighted by Crippen LogP contribution is 2.22. The molecule has 1 aromatic rings. The number of carbonyl (C=O) groups is 3. The van der Waals surface area contributed by atoms with Gasteiger partial charge in [-0.05, 0) is 63.3 Å². The number of ether oxygens (including phenoxy) is 1. The molecule has 0 saturated carbocycles. The summed E-state index contributed by atoms with van der Waals surface area (Å²) in [5.41, 5.74) is 7.08. The maximum Gasteiger partial charge on any atom is 0.314 e. The average molecular weight is 402 g/mol. The van der Waals surface area contributed by atoms with Crippen LogP contribution >= 0.6 is 0 Å². The molecule has 29 heavy (non-hydrogen) atoms. The molecule has 2 saturated heterocycles. The SMILES string of the molecule is CC(OC(=O)C1CCN(C(N)=O)CC1)C(=O)Nc1ccc(N2CCCCC2)cc1. The summed E-state index contributed by atoms with van der Waals surface area (Å²) in [6.07, 6.45) is 3.80. The lowest BCUT2D eigenvalue weighted by Gasteiger charge is -2.30. The molecule has 3 rings (SSSR count). The molecule has 0 bridgehead atoms. The molecular formula is C21H30N4O4. The zero-order chi connectivity index (χ0) is 20.8. The van der Waals surface area contributed by atoms with Crippen LogP contribution < -0.4 is 16.0 Å². The highest BCUT2D eigenvalue weighted by Gasteiger charge is 2.29. The molecule has 0 aliphatic carbocycles. The number of nitrogens with two attached hydrogens (primary N) is 1. The summed E-state index contributed by atoms with van der Waals surface area (Å²) in [7, 11) is 0.